The Morgan fingerprint density at radius 2 is 1.90 bits per heavy atom. The lowest BCUT2D eigenvalue weighted by molar-refractivity contribution is -0.128. The molecular formula is C22H22N4O3. The Bertz CT molecular complexity index is 1030. The molecule has 1 aromatic heterocycles. The molecule has 1 atom stereocenters. The van der Waals surface area contributed by atoms with E-state index in [0.717, 1.165) is 22.0 Å². The first-order chi connectivity index (χ1) is 14.1. The summed E-state index contributed by atoms with van der Waals surface area (Å²) in [6, 6.07) is 15.4. The minimum Gasteiger partial charge on any atom is -0.508 e. The van der Waals surface area contributed by atoms with Crippen LogP contribution in [0.2, 0.25) is 0 Å². The van der Waals surface area contributed by atoms with Crippen molar-refractivity contribution < 1.29 is 14.7 Å². The number of rotatable bonds is 8. The maximum Gasteiger partial charge on any atom is 0.243 e. The van der Waals surface area contributed by atoms with Gasteiger partial charge in [0.15, 0.2) is 0 Å². The minimum atomic E-state index is -0.802. The smallest absolute Gasteiger partial charge is 0.243 e. The van der Waals surface area contributed by atoms with Gasteiger partial charge in [-0.3, -0.25) is 9.59 Å². The molecule has 1 unspecified atom stereocenters. The van der Waals surface area contributed by atoms with Crippen molar-refractivity contribution in [2.45, 2.75) is 25.3 Å². The van der Waals surface area contributed by atoms with Crippen molar-refractivity contribution in [3.8, 4) is 11.8 Å². The second kappa shape index (κ2) is 9.42. The topological polar surface area (TPSA) is 118 Å². The fraction of sp³-hybridized carbons (Fsp3) is 0.227. The van der Waals surface area contributed by atoms with Gasteiger partial charge in [0, 0.05) is 29.9 Å². The van der Waals surface area contributed by atoms with E-state index in [9.17, 15) is 14.7 Å². The third-order valence-electron chi connectivity index (χ3n) is 4.67. The summed E-state index contributed by atoms with van der Waals surface area (Å²) in [4.78, 5) is 28.1. The van der Waals surface area contributed by atoms with Gasteiger partial charge >= 0.3 is 0 Å². The fourth-order valence-corrected chi connectivity index (χ4v) is 3.18. The number of benzene rings is 2. The largest absolute Gasteiger partial charge is 0.508 e. The molecule has 0 aliphatic carbocycles. The van der Waals surface area contributed by atoms with E-state index < -0.39 is 11.9 Å². The van der Waals surface area contributed by atoms with Crippen LogP contribution in [0.1, 0.15) is 17.5 Å². The Balaban J connectivity index is 1.64. The Hall–Kier alpha value is -3.79. The van der Waals surface area contributed by atoms with E-state index in [-0.39, 0.29) is 31.0 Å². The van der Waals surface area contributed by atoms with Crippen LogP contribution in [0, 0.1) is 11.3 Å². The number of aromatic amines is 1. The maximum absolute atomic E-state index is 12.5. The summed E-state index contributed by atoms with van der Waals surface area (Å²) < 4.78 is 0. The third-order valence-corrected chi connectivity index (χ3v) is 4.67. The summed E-state index contributed by atoms with van der Waals surface area (Å²) in [6.07, 6.45) is 2.93. The molecule has 3 aromatic rings. The summed E-state index contributed by atoms with van der Waals surface area (Å²) in [5, 5.41) is 24.4. The molecule has 4 N–H and O–H groups in total. The average molecular weight is 390 g/mol. The summed E-state index contributed by atoms with van der Waals surface area (Å²) >= 11 is 0. The molecule has 0 spiro atoms. The Morgan fingerprint density at radius 1 is 1.14 bits per heavy atom. The molecular weight excluding hydrogens is 368 g/mol. The van der Waals surface area contributed by atoms with Gasteiger partial charge in [0.05, 0.1) is 6.07 Å². The highest BCUT2D eigenvalue weighted by atomic mass is 16.3. The van der Waals surface area contributed by atoms with Crippen molar-refractivity contribution in [2.24, 2.45) is 0 Å². The van der Waals surface area contributed by atoms with Gasteiger partial charge < -0.3 is 20.7 Å². The summed E-state index contributed by atoms with van der Waals surface area (Å²) in [5.74, 6) is -0.534. The normalized spacial score (nSPS) is 11.6. The first kappa shape index (κ1) is 20.0. The summed E-state index contributed by atoms with van der Waals surface area (Å²) in [6.45, 7) is -0.129. The van der Waals surface area contributed by atoms with Gasteiger partial charge in [0.25, 0.3) is 0 Å². The third kappa shape index (κ3) is 5.36. The van der Waals surface area contributed by atoms with Gasteiger partial charge in [0.1, 0.15) is 18.3 Å². The van der Waals surface area contributed by atoms with Crippen molar-refractivity contribution in [2.75, 3.05) is 6.54 Å². The van der Waals surface area contributed by atoms with Crippen molar-refractivity contribution in [3.63, 3.8) is 0 Å². The van der Waals surface area contributed by atoms with Crippen molar-refractivity contribution >= 4 is 22.7 Å². The number of hydrogen-bond donors (Lipinski definition) is 4. The standard InChI is InChI=1S/C22H22N4O3/c23-11-12-24-22(29)20(13-15-5-8-17(27)9-6-15)26-21(28)10-7-16-14-25-19-4-2-1-3-18(16)19/h1-6,8-9,14,20,25,27H,7,10,12-13H2,(H,24,29)(H,26,28). The minimum absolute atomic E-state index is 0.127. The number of phenols is 1. The van der Waals surface area contributed by atoms with Crippen molar-refractivity contribution in [3.05, 3.63) is 65.9 Å². The molecule has 148 valence electrons. The lowest BCUT2D eigenvalue weighted by atomic mass is 10.0. The van der Waals surface area contributed by atoms with Gasteiger partial charge in [-0.2, -0.15) is 5.26 Å². The fourth-order valence-electron chi connectivity index (χ4n) is 3.18. The Kier molecular flexibility index (Phi) is 6.48. The second-order valence-corrected chi connectivity index (χ2v) is 6.73. The van der Waals surface area contributed by atoms with E-state index in [4.69, 9.17) is 5.26 Å². The number of nitrogens with zero attached hydrogens (tertiary/aromatic N) is 1. The van der Waals surface area contributed by atoms with Gasteiger partial charge in [-0.15, -0.1) is 0 Å². The van der Waals surface area contributed by atoms with Crippen LogP contribution in [0.4, 0.5) is 0 Å². The number of hydrogen-bond acceptors (Lipinski definition) is 4. The molecule has 0 aliphatic rings. The molecule has 0 fully saturated rings. The monoisotopic (exact) mass is 390 g/mol. The zero-order chi connectivity index (χ0) is 20.6. The van der Waals surface area contributed by atoms with E-state index in [2.05, 4.69) is 15.6 Å². The summed E-state index contributed by atoms with van der Waals surface area (Å²) in [5.41, 5.74) is 2.85. The number of para-hydroxylation sites is 1. The predicted molar refractivity (Wildman–Crippen MR) is 109 cm³/mol. The summed E-state index contributed by atoms with van der Waals surface area (Å²) in [7, 11) is 0. The van der Waals surface area contributed by atoms with Gasteiger partial charge in [-0.05, 0) is 35.7 Å². The van der Waals surface area contributed by atoms with Gasteiger partial charge in [0.2, 0.25) is 11.8 Å². The molecule has 0 bridgehead atoms. The van der Waals surface area contributed by atoms with Crippen LogP contribution in [0.3, 0.4) is 0 Å². The highest BCUT2D eigenvalue weighted by molar-refractivity contribution is 5.88. The first-order valence-electron chi connectivity index (χ1n) is 9.33. The predicted octanol–water partition coefficient (Wildman–Crippen LogP) is 2.17. The molecule has 0 saturated carbocycles. The number of nitrogens with one attached hydrogen (secondary N) is 3. The number of H-pyrrole nitrogens is 1. The molecule has 29 heavy (non-hydrogen) atoms. The molecule has 0 saturated heterocycles. The van der Waals surface area contributed by atoms with Crippen molar-refractivity contribution in [1.29, 1.82) is 5.26 Å². The number of aromatic nitrogens is 1. The number of fused-ring (bicyclic) bond motifs is 1. The zero-order valence-corrected chi connectivity index (χ0v) is 15.8. The van der Waals surface area contributed by atoms with E-state index in [1.54, 1.807) is 12.1 Å². The van der Waals surface area contributed by atoms with E-state index in [1.165, 1.54) is 12.1 Å². The number of carbonyl (C=O) groups is 2. The second-order valence-electron chi connectivity index (χ2n) is 6.73. The van der Waals surface area contributed by atoms with Crippen LogP contribution in [0.25, 0.3) is 10.9 Å². The van der Waals surface area contributed by atoms with Crippen LogP contribution >= 0.6 is 0 Å². The number of carbonyl (C=O) groups excluding carboxylic acids is 2. The lowest BCUT2D eigenvalue weighted by Crippen LogP contribution is -2.48. The first-order valence-corrected chi connectivity index (χ1v) is 9.33. The van der Waals surface area contributed by atoms with Crippen molar-refractivity contribution in [1.82, 2.24) is 15.6 Å². The molecule has 3 rings (SSSR count). The van der Waals surface area contributed by atoms with Gasteiger partial charge in [-0.1, -0.05) is 30.3 Å². The highest BCUT2D eigenvalue weighted by Crippen LogP contribution is 2.19. The van der Waals surface area contributed by atoms with Crippen LogP contribution in [-0.2, 0) is 22.4 Å². The quantitative estimate of drug-likeness (QED) is 0.441. The SMILES string of the molecule is N#CCNC(=O)C(Cc1ccc(O)cc1)NC(=O)CCc1c[nH]c2ccccc12. The number of phenolic OH excluding ortho intramolecular Hbond substituents is 1. The molecule has 2 aromatic carbocycles. The molecule has 7 heteroatoms. The number of aryl methyl sites for hydroxylation is 1. The molecule has 0 aliphatic heterocycles. The zero-order valence-electron chi connectivity index (χ0n) is 15.8. The number of amides is 2. The maximum atomic E-state index is 12.5. The lowest BCUT2D eigenvalue weighted by Gasteiger charge is -2.18. The van der Waals surface area contributed by atoms with Gasteiger partial charge in [-0.25, -0.2) is 0 Å². The molecule has 2 amide bonds. The Labute approximate surface area is 168 Å². The van der Waals surface area contributed by atoms with Crippen LogP contribution < -0.4 is 10.6 Å². The molecule has 7 nitrogen and oxygen atoms in total. The Morgan fingerprint density at radius 3 is 2.66 bits per heavy atom. The van der Waals surface area contributed by atoms with Crippen LogP contribution in [0.5, 0.6) is 5.75 Å². The highest BCUT2D eigenvalue weighted by Gasteiger charge is 2.21. The van der Waals surface area contributed by atoms with E-state index >= 15 is 0 Å². The van der Waals surface area contributed by atoms with E-state index in [1.807, 2.05) is 36.5 Å². The van der Waals surface area contributed by atoms with Crippen LogP contribution in [-0.4, -0.2) is 34.5 Å². The molecule has 1 heterocycles. The molecule has 0 radical (unpaired) electrons. The average Bonchev–Trinajstić information content (AvgIpc) is 3.14. The van der Waals surface area contributed by atoms with E-state index in [0.29, 0.717) is 6.42 Å². The van der Waals surface area contributed by atoms with Crippen LogP contribution in [0.15, 0.2) is 54.7 Å². The number of nitriles is 1. The number of aromatic hydroxyl groups is 1.